The summed E-state index contributed by atoms with van der Waals surface area (Å²) in [7, 11) is 3.84. The first-order valence-electron chi connectivity index (χ1n) is 8.03. The molecule has 2 aromatic rings. The standard InChI is InChI=1S/C18H23N5O2/c1-12(24)14-5-7-15(8-6-14)18(25)20-10-9-19-16-11-17(23(3)4)22-13(2)21-16/h5-8,11H,9-10H2,1-4H3,(H,20,25)(H,19,21,22). The molecule has 0 bridgehead atoms. The molecule has 0 atom stereocenters. The summed E-state index contributed by atoms with van der Waals surface area (Å²) in [5, 5.41) is 6.00. The van der Waals surface area contributed by atoms with Gasteiger partial charge in [0, 0.05) is 44.4 Å². The van der Waals surface area contributed by atoms with Crippen LogP contribution in [0.1, 0.15) is 33.5 Å². The van der Waals surface area contributed by atoms with E-state index >= 15 is 0 Å². The maximum absolute atomic E-state index is 12.1. The lowest BCUT2D eigenvalue weighted by Gasteiger charge is -2.14. The van der Waals surface area contributed by atoms with Crippen LogP contribution < -0.4 is 15.5 Å². The maximum Gasteiger partial charge on any atom is 0.251 e. The van der Waals surface area contributed by atoms with Crippen LogP contribution in [0.4, 0.5) is 11.6 Å². The van der Waals surface area contributed by atoms with E-state index in [1.807, 2.05) is 32.0 Å². The third-order valence-electron chi connectivity index (χ3n) is 3.55. The van der Waals surface area contributed by atoms with E-state index in [4.69, 9.17) is 0 Å². The normalized spacial score (nSPS) is 10.2. The average molecular weight is 341 g/mol. The van der Waals surface area contributed by atoms with Crippen molar-refractivity contribution in [3.63, 3.8) is 0 Å². The van der Waals surface area contributed by atoms with Gasteiger partial charge in [-0.05, 0) is 26.0 Å². The largest absolute Gasteiger partial charge is 0.368 e. The van der Waals surface area contributed by atoms with E-state index in [1.165, 1.54) is 6.92 Å². The first kappa shape index (κ1) is 18.4. The molecular weight excluding hydrogens is 318 g/mol. The van der Waals surface area contributed by atoms with Gasteiger partial charge in [-0.2, -0.15) is 0 Å². The molecule has 1 aromatic heterocycles. The highest BCUT2D eigenvalue weighted by atomic mass is 16.1. The summed E-state index contributed by atoms with van der Waals surface area (Å²) in [5.74, 6) is 2.03. The van der Waals surface area contributed by atoms with Gasteiger partial charge in [-0.15, -0.1) is 0 Å². The van der Waals surface area contributed by atoms with E-state index in [1.54, 1.807) is 24.3 Å². The van der Waals surface area contributed by atoms with Crippen molar-refractivity contribution in [3.8, 4) is 0 Å². The van der Waals surface area contributed by atoms with Gasteiger partial charge in [0.05, 0.1) is 0 Å². The van der Waals surface area contributed by atoms with Crippen LogP contribution in [0.25, 0.3) is 0 Å². The van der Waals surface area contributed by atoms with Gasteiger partial charge < -0.3 is 15.5 Å². The number of amides is 1. The molecule has 1 aromatic carbocycles. The molecule has 0 fully saturated rings. The first-order valence-corrected chi connectivity index (χ1v) is 8.03. The summed E-state index contributed by atoms with van der Waals surface area (Å²) in [4.78, 5) is 33.9. The minimum Gasteiger partial charge on any atom is -0.368 e. The molecule has 2 N–H and O–H groups in total. The Balaban J connectivity index is 1.84. The van der Waals surface area contributed by atoms with Crippen molar-refractivity contribution in [3.05, 3.63) is 47.3 Å². The SMILES string of the molecule is CC(=O)c1ccc(C(=O)NCCNc2cc(N(C)C)nc(C)n2)cc1. The van der Waals surface area contributed by atoms with Gasteiger partial charge in [-0.3, -0.25) is 9.59 Å². The Morgan fingerprint density at radius 2 is 1.68 bits per heavy atom. The Kier molecular flexibility index (Phi) is 6.05. The van der Waals surface area contributed by atoms with E-state index in [0.29, 0.717) is 30.0 Å². The molecule has 0 aliphatic heterocycles. The number of ketones is 1. The average Bonchev–Trinajstić information content (AvgIpc) is 2.58. The zero-order chi connectivity index (χ0) is 18.4. The van der Waals surface area contributed by atoms with Gasteiger partial charge in [0.25, 0.3) is 5.91 Å². The number of nitrogens with zero attached hydrogens (tertiary/aromatic N) is 3. The highest BCUT2D eigenvalue weighted by Crippen LogP contribution is 2.12. The Morgan fingerprint density at radius 3 is 2.28 bits per heavy atom. The van der Waals surface area contributed by atoms with E-state index in [2.05, 4.69) is 20.6 Å². The third-order valence-corrected chi connectivity index (χ3v) is 3.55. The van der Waals surface area contributed by atoms with Crippen LogP contribution in [-0.2, 0) is 0 Å². The molecule has 1 heterocycles. The second-order valence-electron chi connectivity index (χ2n) is 5.87. The predicted octanol–water partition coefficient (Wildman–Crippen LogP) is 1.90. The highest BCUT2D eigenvalue weighted by molar-refractivity contribution is 5.97. The van der Waals surface area contributed by atoms with Gasteiger partial charge in [-0.25, -0.2) is 9.97 Å². The second kappa shape index (κ2) is 8.23. The van der Waals surface area contributed by atoms with Crippen LogP contribution in [-0.4, -0.2) is 48.8 Å². The van der Waals surface area contributed by atoms with E-state index in [0.717, 1.165) is 11.6 Å². The minimum atomic E-state index is -0.176. The molecule has 25 heavy (non-hydrogen) atoms. The zero-order valence-electron chi connectivity index (χ0n) is 15.0. The second-order valence-corrected chi connectivity index (χ2v) is 5.87. The molecule has 0 saturated heterocycles. The summed E-state index contributed by atoms with van der Waals surface area (Å²) < 4.78 is 0. The fourth-order valence-corrected chi connectivity index (χ4v) is 2.20. The molecular formula is C18H23N5O2. The van der Waals surface area contributed by atoms with Crippen LogP contribution in [0.3, 0.4) is 0 Å². The number of carbonyl (C=O) groups is 2. The van der Waals surface area contributed by atoms with Crippen molar-refractivity contribution in [1.29, 1.82) is 0 Å². The van der Waals surface area contributed by atoms with E-state index < -0.39 is 0 Å². The molecule has 7 nitrogen and oxygen atoms in total. The molecule has 0 radical (unpaired) electrons. The number of anilines is 2. The number of carbonyl (C=O) groups excluding carboxylic acids is 2. The smallest absolute Gasteiger partial charge is 0.251 e. The number of hydrogen-bond acceptors (Lipinski definition) is 6. The van der Waals surface area contributed by atoms with Crippen LogP contribution in [0.5, 0.6) is 0 Å². The van der Waals surface area contributed by atoms with Crippen LogP contribution in [0.2, 0.25) is 0 Å². The Hall–Kier alpha value is -2.96. The van der Waals surface area contributed by atoms with Gasteiger partial charge in [-0.1, -0.05) is 12.1 Å². The summed E-state index contributed by atoms with van der Waals surface area (Å²) in [6.45, 7) is 4.33. The van der Waals surface area contributed by atoms with Gasteiger partial charge in [0.2, 0.25) is 0 Å². The lowest BCUT2D eigenvalue weighted by atomic mass is 10.1. The predicted molar refractivity (Wildman–Crippen MR) is 98.4 cm³/mol. The van der Waals surface area contributed by atoms with Crippen LogP contribution >= 0.6 is 0 Å². The number of aromatic nitrogens is 2. The summed E-state index contributed by atoms with van der Waals surface area (Å²) in [5.41, 5.74) is 1.12. The highest BCUT2D eigenvalue weighted by Gasteiger charge is 2.07. The fraction of sp³-hybridized carbons (Fsp3) is 0.333. The molecule has 0 aliphatic carbocycles. The molecule has 0 saturated carbocycles. The Labute approximate surface area is 147 Å². The number of hydrogen-bond donors (Lipinski definition) is 2. The molecule has 132 valence electrons. The van der Waals surface area contributed by atoms with E-state index in [-0.39, 0.29) is 11.7 Å². The number of Topliss-reactive ketones (excluding diaryl/α,β-unsaturated/α-hetero) is 1. The minimum absolute atomic E-state index is 0.0200. The van der Waals surface area contributed by atoms with Crippen LogP contribution in [0, 0.1) is 6.92 Å². The fourth-order valence-electron chi connectivity index (χ4n) is 2.20. The lowest BCUT2D eigenvalue weighted by Crippen LogP contribution is -2.29. The number of rotatable bonds is 7. The molecule has 2 rings (SSSR count). The number of aryl methyl sites for hydroxylation is 1. The molecule has 1 amide bonds. The van der Waals surface area contributed by atoms with E-state index in [9.17, 15) is 9.59 Å². The first-order chi connectivity index (χ1) is 11.9. The molecule has 7 heteroatoms. The van der Waals surface area contributed by atoms with Crippen molar-refractivity contribution < 1.29 is 9.59 Å². The Morgan fingerprint density at radius 1 is 1.04 bits per heavy atom. The van der Waals surface area contributed by atoms with Crippen molar-refractivity contribution in [1.82, 2.24) is 15.3 Å². The maximum atomic E-state index is 12.1. The summed E-state index contributed by atoms with van der Waals surface area (Å²) in [6, 6.07) is 8.46. The van der Waals surface area contributed by atoms with Gasteiger partial charge in [0.15, 0.2) is 5.78 Å². The number of nitrogens with one attached hydrogen (secondary N) is 2. The van der Waals surface area contributed by atoms with Crippen molar-refractivity contribution >= 4 is 23.3 Å². The zero-order valence-corrected chi connectivity index (χ0v) is 15.0. The lowest BCUT2D eigenvalue weighted by molar-refractivity contribution is 0.0953. The summed E-state index contributed by atoms with van der Waals surface area (Å²) in [6.07, 6.45) is 0. The summed E-state index contributed by atoms with van der Waals surface area (Å²) >= 11 is 0. The molecule has 0 aliphatic rings. The number of benzene rings is 1. The van der Waals surface area contributed by atoms with Crippen LogP contribution in [0.15, 0.2) is 30.3 Å². The quantitative estimate of drug-likeness (QED) is 0.591. The van der Waals surface area contributed by atoms with Crippen molar-refractivity contribution in [2.75, 3.05) is 37.4 Å². The molecule has 0 unspecified atom stereocenters. The van der Waals surface area contributed by atoms with Gasteiger partial charge >= 0.3 is 0 Å². The van der Waals surface area contributed by atoms with Crippen molar-refractivity contribution in [2.24, 2.45) is 0 Å². The topological polar surface area (TPSA) is 87.2 Å². The van der Waals surface area contributed by atoms with Gasteiger partial charge in [0.1, 0.15) is 17.5 Å². The van der Waals surface area contributed by atoms with Crippen molar-refractivity contribution in [2.45, 2.75) is 13.8 Å². The Bertz CT molecular complexity index is 757. The third kappa shape index (κ3) is 5.27. The monoisotopic (exact) mass is 341 g/mol. The molecule has 0 spiro atoms.